The predicted octanol–water partition coefficient (Wildman–Crippen LogP) is 2.09. The normalized spacial score (nSPS) is 8.42. The van der Waals surface area contributed by atoms with E-state index in [0.717, 1.165) is 5.56 Å². The van der Waals surface area contributed by atoms with E-state index in [9.17, 15) is 0 Å². The Labute approximate surface area is 73.4 Å². The lowest BCUT2D eigenvalue weighted by molar-refractivity contribution is 0.257. The van der Waals surface area contributed by atoms with Crippen LogP contribution >= 0.6 is 0 Å². The monoisotopic (exact) mass is 168 g/mol. The van der Waals surface area contributed by atoms with Crippen molar-refractivity contribution in [3.63, 3.8) is 0 Å². The zero-order chi connectivity index (χ0) is 9.56. The highest BCUT2D eigenvalue weighted by molar-refractivity contribution is 5.44. The summed E-state index contributed by atoms with van der Waals surface area (Å²) in [6.07, 6.45) is 0. The van der Waals surface area contributed by atoms with Gasteiger partial charge in [-0.2, -0.15) is 5.17 Å². The highest BCUT2D eigenvalue weighted by atomic mass is 16.5. The van der Waals surface area contributed by atoms with Gasteiger partial charge >= 0.3 is 0 Å². The number of rotatable bonds is 1. The first-order valence-corrected chi connectivity index (χ1v) is 4.00. The van der Waals surface area contributed by atoms with E-state index >= 15 is 0 Å². The highest BCUT2D eigenvalue weighted by Crippen LogP contribution is 2.10. The predicted molar refractivity (Wildman–Crippen MR) is 51.0 cm³/mol. The average molecular weight is 168 g/mol. The summed E-state index contributed by atoms with van der Waals surface area (Å²) in [5, 5.41) is 9.36. The molecule has 0 saturated heterocycles. The quantitative estimate of drug-likeness (QED) is 0.498. The molecule has 0 aliphatic heterocycles. The van der Waals surface area contributed by atoms with Gasteiger partial charge in [0.1, 0.15) is 0 Å². The van der Waals surface area contributed by atoms with Gasteiger partial charge in [-0.25, -0.2) is 5.84 Å². The number of aryl methyl sites for hydroxylation is 1. The van der Waals surface area contributed by atoms with E-state index in [4.69, 9.17) is 11.0 Å². The van der Waals surface area contributed by atoms with Gasteiger partial charge in [0, 0.05) is 0 Å². The maximum atomic E-state index is 8.76. The number of anilines is 1. The van der Waals surface area contributed by atoms with Crippen LogP contribution in [0.15, 0.2) is 24.3 Å². The van der Waals surface area contributed by atoms with Gasteiger partial charge in [-0.05, 0) is 24.6 Å². The molecule has 0 unspecified atom stereocenters. The molecule has 3 nitrogen and oxygen atoms in total. The van der Waals surface area contributed by atoms with E-state index in [-0.39, 0.29) is 0 Å². The van der Waals surface area contributed by atoms with Crippen molar-refractivity contribution in [3.05, 3.63) is 29.8 Å². The first-order chi connectivity index (χ1) is 5.70. The standard InChI is InChI=1S/C7H10N2O.C2H6/c1-6-3-2-4-7(5-6)9(8)10;1-2/h2-5,10H,8H2,1H3;1-2H3. The summed E-state index contributed by atoms with van der Waals surface area (Å²) < 4.78 is 0. The van der Waals surface area contributed by atoms with Crippen molar-refractivity contribution in [2.24, 2.45) is 5.84 Å². The summed E-state index contributed by atoms with van der Waals surface area (Å²) in [6.45, 7) is 5.94. The van der Waals surface area contributed by atoms with Gasteiger partial charge in [0.2, 0.25) is 0 Å². The Morgan fingerprint density at radius 2 is 1.92 bits per heavy atom. The summed E-state index contributed by atoms with van der Waals surface area (Å²) >= 11 is 0. The summed E-state index contributed by atoms with van der Waals surface area (Å²) in [7, 11) is 0. The second-order valence-corrected chi connectivity index (χ2v) is 2.18. The molecule has 3 heteroatoms. The maximum Gasteiger partial charge on any atom is 0.0820 e. The fraction of sp³-hybridized carbons (Fsp3) is 0.333. The molecule has 3 N–H and O–H groups in total. The molecule has 0 heterocycles. The van der Waals surface area contributed by atoms with E-state index in [0.29, 0.717) is 10.9 Å². The number of nitrogens with two attached hydrogens (primary N) is 1. The fourth-order valence-corrected chi connectivity index (χ4v) is 0.770. The molecule has 0 bridgehead atoms. The highest BCUT2D eigenvalue weighted by Gasteiger charge is 1.94. The van der Waals surface area contributed by atoms with Gasteiger partial charge in [-0.15, -0.1) is 0 Å². The first kappa shape index (κ1) is 10.9. The maximum absolute atomic E-state index is 8.76. The molecule has 68 valence electrons. The number of benzene rings is 1. The molecule has 0 saturated carbocycles. The average Bonchev–Trinajstić information content (AvgIpc) is 2.08. The molecule has 0 radical (unpaired) electrons. The lowest BCUT2D eigenvalue weighted by atomic mass is 10.2. The molecule has 1 aromatic rings. The topological polar surface area (TPSA) is 49.5 Å². The molecule has 12 heavy (non-hydrogen) atoms. The second-order valence-electron chi connectivity index (χ2n) is 2.18. The Bertz CT molecular complexity index is 224. The molecule has 0 aliphatic rings. The molecule has 0 spiro atoms. The van der Waals surface area contributed by atoms with Gasteiger partial charge in [0.25, 0.3) is 0 Å². The van der Waals surface area contributed by atoms with Crippen LogP contribution in [0, 0.1) is 6.92 Å². The molecule has 0 aromatic heterocycles. The fourth-order valence-electron chi connectivity index (χ4n) is 0.770. The molecule has 0 fully saturated rings. The Kier molecular flexibility index (Phi) is 5.08. The number of hydrogen-bond acceptors (Lipinski definition) is 3. The second kappa shape index (κ2) is 5.57. The smallest absolute Gasteiger partial charge is 0.0820 e. The lowest BCUT2D eigenvalue weighted by Gasteiger charge is -2.08. The van der Waals surface area contributed by atoms with E-state index in [1.165, 1.54) is 0 Å². The van der Waals surface area contributed by atoms with Crippen LogP contribution < -0.4 is 11.0 Å². The molecule has 0 atom stereocenters. The van der Waals surface area contributed by atoms with Crippen LogP contribution in [0.3, 0.4) is 0 Å². The minimum Gasteiger partial charge on any atom is -0.273 e. The van der Waals surface area contributed by atoms with Gasteiger partial charge in [-0.1, -0.05) is 26.0 Å². The van der Waals surface area contributed by atoms with Crippen molar-refractivity contribution in [2.45, 2.75) is 20.8 Å². The van der Waals surface area contributed by atoms with E-state index in [2.05, 4.69) is 0 Å². The molecule has 0 amide bonds. The van der Waals surface area contributed by atoms with Crippen molar-refractivity contribution in [2.75, 3.05) is 5.17 Å². The van der Waals surface area contributed by atoms with Gasteiger partial charge in [-0.3, -0.25) is 5.21 Å². The Morgan fingerprint density at radius 3 is 2.25 bits per heavy atom. The van der Waals surface area contributed by atoms with Crippen LogP contribution in [-0.2, 0) is 0 Å². The molecule has 1 aromatic carbocycles. The third-order valence-electron chi connectivity index (χ3n) is 1.27. The minimum absolute atomic E-state index is 0.597. The third kappa shape index (κ3) is 3.37. The number of nitrogens with zero attached hydrogens (tertiary/aromatic N) is 1. The van der Waals surface area contributed by atoms with Crippen LogP contribution in [0.2, 0.25) is 0 Å². The van der Waals surface area contributed by atoms with Gasteiger partial charge in [0.15, 0.2) is 0 Å². The van der Waals surface area contributed by atoms with Gasteiger partial charge < -0.3 is 0 Å². The number of hydrogen-bond donors (Lipinski definition) is 2. The van der Waals surface area contributed by atoms with E-state index in [1.54, 1.807) is 12.1 Å². The Hall–Kier alpha value is -1.06. The largest absolute Gasteiger partial charge is 0.273 e. The molecule has 0 aliphatic carbocycles. The van der Waals surface area contributed by atoms with Crippen molar-refractivity contribution >= 4 is 5.69 Å². The van der Waals surface area contributed by atoms with Gasteiger partial charge in [0.05, 0.1) is 5.69 Å². The summed E-state index contributed by atoms with van der Waals surface area (Å²) in [5.41, 5.74) is 1.67. The summed E-state index contributed by atoms with van der Waals surface area (Å²) in [5.74, 6) is 5.07. The van der Waals surface area contributed by atoms with Crippen molar-refractivity contribution in [1.82, 2.24) is 0 Å². The lowest BCUT2D eigenvalue weighted by Crippen LogP contribution is -2.25. The Balaban J connectivity index is 0.000000561. The van der Waals surface area contributed by atoms with Crippen molar-refractivity contribution < 1.29 is 5.21 Å². The first-order valence-electron chi connectivity index (χ1n) is 4.00. The zero-order valence-electron chi connectivity index (χ0n) is 7.78. The van der Waals surface area contributed by atoms with Crippen LogP contribution in [0.25, 0.3) is 0 Å². The van der Waals surface area contributed by atoms with Crippen LogP contribution in [-0.4, -0.2) is 5.21 Å². The Morgan fingerprint density at radius 1 is 1.33 bits per heavy atom. The van der Waals surface area contributed by atoms with E-state index < -0.39 is 0 Å². The number of hydrazine groups is 1. The molecular formula is C9H16N2O. The van der Waals surface area contributed by atoms with Crippen LogP contribution in [0.4, 0.5) is 5.69 Å². The van der Waals surface area contributed by atoms with Crippen LogP contribution in [0.1, 0.15) is 19.4 Å². The van der Waals surface area contributed by atoms with Crippen LogP contribution in [0.5, 0.6) is 0 Å². The SMILES string of the molecule is CC.Cc1cccc(N(N)O)c1. The third-order valence-corrected chi connectivity index (χ3v) is 1.27. The molecule has 1 rings (SSSR count). The molecular weight excluding hydrogens is 152 g/mol. The minimum atomic E-state index is 0.597. The van der Waals surface area contributed by atoms with Crippen molar-refractivity contribution in [3.8, 4) is 0 Å². The summed E-state index contributed by atoms with van der Waals surface area (Å²) in [4.78, 5) is 0. The summed E-state index contributed by atoms with van der Waals surface area (Å²) in [6, 6.07) is 7.29. The van der Waals surface area contributed by atoms with Crippen molar-refractivity contribution in [1.29, 1.82) is 0 Å². The zero-order valence-corrected chi connectivity index (χ0v) is 7.78. The van der Waals surface area contributed by atoms with E-state index in [1.807, 2.05) is 32.9 Å².